The highest BCUT2D eigenvalue weighted by Crippen LogP contribution is 2.36. The van der Waals surface area contributed by atoms with Crippen LogP contribution in [0.4, 0.5) is 34.8 Å². The zero-order valence-corrected chi connectivity index (χ0v) is 25.0. The van der Waals surface area contributed by atoms with Crippen molar-refractivity contribution in [3.63, 3.8) is 0 Å². The Labute approximate surface area is 265 Å². The maximum atomic E-state index is 15.3. The summed E-state index contributed by atoms with van der Waals surface area (Å²) >= 11 is 0. The fraction of sp³-hybridized carbons (Fsp3) is 0.219. The molecule has 1 amide bonds. The van der Waals surface area contributed by atoms with Crippen LogP contribution in [0.5, 0.6) is 17.2 Å². The number of nitrogens with zero attached hydrogens (tertiary/aromatic N) is 6. The van der Waals surface area contributed by atoms with E-state index in [2.05, 4.69) is 37.3 Å². The molecular weight excluding hydrogens is 620 g/mol. The Morgan fingerprint density at radius 1 is 1.04 bits per heavy atom. The second kappa shape index (κ2) is 12.9. The number of carbonyl (C=O) groups is 1. The van der Waals surface area contributed by atoms with Crippen molar-refractivity contribution < 1.29 is 31.8 Å². The second-order valence-electron chi connectivity index (χ2n) is 10.6. The lowest BCUT2D eigenvalue weighted by molar-refractivity contribution is -0.137. The number of hydrogen-bond acceptors (Lipinski definition) is 9. The predicted molar refractivity (Wildman–Crippen MR) is 166 cm³/mol. The van der Waals surface area contributed by atoms with Gasteiger partial charge in [-0.15, -0.1) is 0 Å². The fourth-order valence-electron chi connectivity index (χ4n) is 5.17. The molecule has 0 spiro atoms. The smallest absolute Gasteiger partial charge is 0.419 e. The van der Waals surface area contributed by atoms with E-state index in [1.807, 2.05) is 6.07 Å². The molecular formula is C32H28F4N8O3. The minimum atomic E-state index is -4.54. The van der Waals surface area contributed by atoms with Crippen molar-refractivity contribution in [2.75, 3.05) is 30.8 Å². The number of amides is 1. The van der Waals surface area contributed by atoms with Crippen molar-refractivity contribution in [1.82, 2.24) is 29.6 Å². The number of pyridine rings is 1. The highest BCUT2D eigenvalue weighted by Gasteiger charge is 2.32. The van der Waals surface area contributed by atoms with Crippen molar-refractivity contribution in [1.29, 1.82) is 0 Å². The van der Waals surface area contributed by atoms with Crippen molar-refractivity contribution >= 4 is 34.0 Å². The third kappa shape index (κ3) is 6.93. The normalized spacial score (nSPS) is 13.8. The van der Waals surface area contributed by atoms with Gasteiger partial charge in [0.25, 0.3) is 0 Å². The number of nitrogens with one attached hydrogen (secondary N) is 2. The van der Waals surface area contributed by atoms with Crippen molar-refractivity contribution in [3.8, 4) is 23.1 Å². The van der Waals surface area contributed by atoms with E-state index in [-0.39, 0.29) is 35.0 Å². The standard InChI is InChI=1S/C32H28F4N8O3/c1-3-30(45)43-10-7-20(8-11-43)41-27-14-23-26(15-28(27)46-2)38-18-39-31(23)42-25-5-4-21(12-24(25)33)47-22-6-9-37-29(13-22)44-17-19(16-40-44)32(34,35)36/h3-6,9,12-18,20,41H,1,7-8,10-11H2,2H3,(H,38,39,42). The number of carbonyl (C=O) groups excluding carboxylic acids is 1. The number of hydrogen-bond donors (Lipinski definition) is 2. The molecule has 0 saturated carbocycles. The van der Waals surface area contributed by atoms with Crippen LogP contribution < -0.4 is 20.1 Å². The molecule has 0 aliphatic carbocycles. The summed E-state index contributed by atoms with van der Waals surface area (Å²) < 4.78 is 66.6. The highest BCUT2D eigenvalue weighted by atomic mass is 19.4. The summed E-state index contributed by atoms with van der Waals surface area (Å²) in [5, 5.41) is 10.9. The van der Waals surface area contributed by atoms with Crippen LogP contribution in [0.1, 0.15) is 18.4 Å². The Hall–Kier alpha value is -5.73. The minimum absolute atomic E-state index is 0.0886. The number of alkyl halides is 3. The molecule has 2 aromatic carbocycles. The zero-order chi connectivity index (χ0) is 33.1. The fourth-order valence-corrected chi connectivity index (χ4v) is 5.17. The maximum absolute atomic E-state index is 15.3. The van der Waals surface area contributed by atoms with Gasteiger partial charge >= 0.3 is 6.18 Å². The predicted octanol–water partition coefficient (Wildman–Crippen LogP) is 6.50. The first-order valence-corrected chi connectivity index (χ1v) is 14.4. The molecule has 1 aliphatic heterocycles. The first-order chi connectivity index (χ1) is 22.6. The third-order valence-electron chi connectivity index (χ3n) is 7.59. The lowest BCUT2D eigenvalue weighted by Gasteiger charge is -2.32. The average molecular weight is 649 g/mol. The molecule has 1 aliphatic rings. The Balaban J connectivity index is 1.19. The monoisotopic (exact) mass is 648 g/mol. The number of ether oxygens (including phenoxy) is 2. The van der Waals surface area contributed by atoms with Crippen LogP contribution in [0.25, 0.3) is 16.7 Å². The summed E-state index contributed by atoms with van der Waals surface area (Å²) in [6.45, 7) is 4.76. The largest absolute Gasteiger partial charge is 0.495 e. The van der Waals surface area contributed by atoms with E-state index in [9.17, 15) is 18.0 Å². The van der Waals surface area contributed by atoms with E-state index >= 15 is 4.39 Å². The van der Waals surface area contributed by atoms with Crippen molar-refractivity contribution in [3.05, 3.63) is 91.4 Å². The first kappa shape index (κ1) is 31.3. The van der Waals surface area contributed by atoms with Gasteiger partial charge in [0.15, 0.2) is 5.82 Å². The number of anilines is 3. The molecule has 11 nitrogen and oxygen atoms in total. The van der Waals surface area contributed by atoms with E-state index in [1.54, 1.807) is 18.1 Å². The van der Waals surface area contributed by atoms with E-state index in [4.69, 9.17) is 9.47 Å². The Morgan fingerprint density at radius 3 is 2.53 bits per heavy atom. The summed E-state index contributed by atoms with van der Waals surface area (Å²) in [6.07, 6.45) is 2.46. The van der Waals surface area contributed by atoms with Gasteiger partial charge in [0, 0.05) is 55.1 Å². The van der Waals surface area contributed by atoms with E-state index < -0.39 is 17.6 Å². The molecule has 0 atom stereocenters. The number of aromatic nitrogens is 5. The number of halogens is 4. The van der Waals surface area contributed by atoms with Gasteiger partial charge in [-0.05, 0) is 43.2 Å². The quantitative estimate of drug-likeness (QED) is 0.136. The number of fused-ring (bicyclic) bond motifs is 1. The van der Waals surface area contributed by atoms with Gasteiger partial charge in [-0.25, -0.2) is 24.0 Å². The molecule has 2 N–H and O–H groups in total. The van der Waals surface area contributed by atoms with Crippen LogP contribution in [0.2, 0.25) is 0 Å². The molecule has 1 saturated heterocycles. The number of likely N-dealkylation sites (tertiary alicyclic amines) is 1. The van der Waals surface area contributed by atoms with E-state index in [0.717, 1.165) is 23.7 Å². The molecule has 0 unspecified atom stereocenters. The van der Waals surface area contributed by atoms with Crippen molar-refractivity contribution in [2.24, 2.45) is 0 Å². The summed E-state index contributed by atoms with van der Waals surface area (Å²) in [5.74, 6) is 0.653. The topological polar surface area (TPSA) is 119 Å². The molecule has 3 aromatic heterocycles. The average Bonchev–Trinajstić information content (AvgIpc) is 3.58. The second-order valence-corrected chi connectivity index (χ2v) is 10.6. The molecule has 0 radical (unpaired) electrons. The Bertz CT molecular complexity index is 1940. The number of methoxy groups -OCH3 is 1. The summed E-state index contributed by atoms with van der Waals surface area (Å²) in [4.78, 5) is 26.5. The molecule has 4 heterocycles. The highest BCUT2D eigenvalue weighted by molar-refractivity contribution is 5.95. The van der Waals surface area contributed by atoms with Crippen LogP contribution in [0, 0.1) is 5.82 Å². The summed E-state index contributed by atoms with van der Waals surface area (Å²) in [5.41, 5.74) is 0.480. The summed E-state index contributed by atoms with van der Waals surface area (Å²) in [6, 6.07) is 10.7. The van der Waals surface area contributed by atoms with Crippen LogP contribution in [0.3, 0.4) is 0 Å². The minimum Gasteiger partial charge on any atom is -0.495 e. The first-order valence-electron chi connectivity index (χ1n) is 14.4. The maximum Gasteiger partial charge on any atom is 0.419 e. The molecule has 47 heavy (non-hydrogen) atoms. The lowest BCUT2D eigenvalue weighted by atomic mass is 10.0. The SMILES string of the molecule is C=CC(=O)N1CCC(Nc2cc3c(Nc4ccc(Oc5ccnc(-n6cc(C(F)(F)F)cn6)c5)cc4F)ncnc3cc2OC)CC1. The Morgan fingerprint density at radius 2 is 1.83 bits per heavy atom. The van der Waals surface area contributed by atoms with Gasteiger partial charge in [-0.3, -0.25) is 4.79 Å². The molecule has 0 bridgehead atoms. The van der Waals surface area contributed by atoms with Gasteiger partial charge in [0.05, 0.1) is 35.8 Å². The molecule has 242 valence electrons. The van der Waals surface area contributed by atoms with E-state index in [0.29, 0.717) is 47.4 Å². The van der Waals surface area contributed by atoms with Crippen LogP contribution in [0.15, 0.2) is 80.0 Å². The molecule has 5 aromatic rings. The van der Waals surface area contributed by atoms with Crippen LogP contribution in [-0.2, 0) is 11.0 Å². The third-order valence-corrected chi connectivity index (χ3v) is 7.59. The molecule has 1 fully saturated rings. The van der Waals surface area contributed by atoms with Crippen molar-refractivity contribution in [2.45, 2.75) is 25.1 Å². The van der Waals surface area contributed by atoms with Gasteiger partial charge < -0.3 is 25.0 Å². The number of piperidine rings is 1. The van der Waals surface area contributed by atoms with Gasteiger partial charge in [-0.2, -0.15) is 18.3 Å². The Kier molecular flexibility index (Phi) is 8.61. The van der Waals surface area contributed by atoms with Crippen LogP contribution >= 0.6 is 0 Å². The van der Waals surface area contributed by atoms with E-state index in [1.165, 1.54) is 48.9 Å². The number of rotatable bonds is 9. The summed E-state index contributed by atoms with van der Waals surface area (Å²) in [7, 11) is 1.56. The number of benzene rings is 2. The van der Waals surface area contributed by atoms with Gasteiger partial charge in [0.1, 0.15) is 35.2 Å². The molecule has 15 heteroatoms. The van der Waals surface area contributed by atoms with Crippen LogP contribution in [-0.4, -0.2) is 61.8 Å². The molecule has 6 rings (SSSR count). The van der Waals surface area contributed by atoms with Gasteiger partial charge in [-0.1, -0.05) is 6.58 Å². The lowest BCUT2D eigenvalue weighted by Crippen LogP contribution is -2.41. The van der Waals surface area contributed by atoms with Gasteiger partial charge in [0.2, 0.25) is 5.91 Å². The zero-order valence-electron chi connectivity index (χ0n) is 25.0.